The van der Waals surface area contributed by atoms with Crippen molar-refractivity contribution in [3.63, 3.8) is 0 Å². The monoisotopic (exact) mass is 355 g/mol. The van der Waals surface area contributed by atoms with Crippen LogP contribution in [0.2, 0.25) is 0 Å². The molecule has 0 amide bonds. The van der Waals surface area contributed by atoms with E-state index in [1.165, 1.54) is 11.8 Å². The third-order valence-electron chi connectivity index (χ3n) is 4.06. The third kappa shape index (κ3) is 4.32. The second kappa shape index (κ2) is 8.56. The molecule has 0 N–H and O–H groups in total. The highest BCUT2D eigenvalue weighted by molar-refractivity contribution is 8.02. The third-order valence-corrected chi connectivity index (χ3v) is 4.94. The van der Waals surface area contributed by atoms with Gasteiger partial charge in [0.1, 0.15) is 29.4 Å². The van der Waals surface area contributed by atoms with Crippen molar-refractivity contribution in [2.75, 3.05) is 12.9 Å². The Morgan fingerprint density at radius 3 is 2.36 bits per heavy atom. The number of esters is 1. The highest BCUT2D eigenvalue weighted by Crippen LogP contribution is 2.50. The van der Waals surface area contributed by atoms with Crippen LogP contribution in [0.3, 0.4) is 0 Å². The molecule has 1 atom stereocenters. The number of nitrogens with zero attached hydrogens (tertiary/aromatic N) is 3. The minimum absolute atomic E-state index is 0.00447. The van der Waals surface area contributed by atoms with Crippen LogP contribution in [0.1, 0.15) is 34.1 Å². The fourth-order valence-electron chi connectivity index (χ4n) is 3.28. The summed E-state index contributed by atoms with van der Waals surface area (Å²) >= 11 is 1.28. The lowest BCUT2D eigenvalue weighted by atomic mass is 9.65. The number of ether oxygens (including phenoxy) is 1. The van der Waals surface area contributed by atoms with Crippen LogP contribution in [0.15, 0.2) is 33.3 Å². The standard InChI is InChI=1S/C19H21N3O2S/c1-6-24-18(23)15(11-22)17(25-5)16-14(13(9-20)10-21)7-12(2)8-19(16,3)4/h7,16H,6,8H2,1-5H3/b17-15-. The Bertz CT molecular complexity index is 767. The highest BCUT2D eigenvalue weighted by atomic mass is 32.2. The van der Waals surface area contributed by atoms with E-state index in [0.29, 0.717) is 10.5 Å². The molecule has 6 heteroatoms. The average molecular weight is 355 g/mol. The number of nitriles is 3. The number of allylic oxidation sites excluding steroid dienone is 5. The normalized spacial score (nSPS) is 19.5. The van der Waals surface area contributed by atoms with Crippen molar-refractivity contribution in [2.24, 2.45) is 11.3 Å². The first-order valence-electron chi connectivity index (χ1n) is 7.84. The zero-order valence-electron chi connectivity index (χ0n) is 15.1. The molecule has 0 aromatic rings. The predicted octanol–water partition coefficient (Wildman–Crippen LogP) is 4.03. The Morgan fingerprint density at radius 1 is 1.32 bits per heavy atom. The first-order valence-corrected chi connectivity index (χ1v) is 9.06. The van der Waals surface area contributed by atoms with Gasteiger partial charge in [0.2, 0.25) is 0 Å². The van der Waals surface area contributed by atoms with E-state index in [-0.39, 0.29) is 23.2 Å². The van der Waals surface area contributed by atoms with Crippen molar-refractivity contribution in [2.45, 2.75) is 34.1 Å². The molecule has 0 bridgehead atoms. The van der Waals surface area contributed by atoms with Crippen molar-refractivity contribution in [3.05, 3.63) is 33.3 Å². The summed E-state index contributed by atoms with van der Waals surface area (Å²) in [4.78, 5) is 12.8. The molecule has 1 rings (SSSR count). The van der Waals surface area contributed by atoms with Crippen LogP contribution in [-0.4, -0.2) is 18.8 Å². The van der Waals surface area contributed by atoms with Crippen molar-refractivity contribution in [1.29, 1.82) is 15.8 Å². The first-order chi connectivity index (χ1) is 11.8. The molecule has 25 heavy (non-hydrogen) atoms. The molecule has 0 fully saturated rings. The SMILES string of the molecule is CCOC(=O)/C(C#N)=C(\SC)C1C(=C(C#N)C#N)C=C(C)CC1(C)C. The molecule has 0 aliphatic heterocycles. The lowest BCUT2D eigenvalue weighted by molar-refractivity contribution is -0.138. The van der Waals surface area contributed by atoms with Crippen LogP contribution < -0.4 is 0 Å². The fourth-order valence-corrected chi connectivity index (χ4v) is 4.29. The van der Waals surface area contributed by atoms with Crippen LogP contribution in [0, 0.1) is 45.3 Å². The van der Waals surface area contributed by atoms with Crippen molar-refractivity contribution >= 4 is 17.7 Å². The summed E-state index contributed by atoms with van der Waals surface area (Å²) in [6.45, 7) is 7.82. The van der Waals surface area contributed by atoms with Gasteiger partial charge < -0.3 is 4.74 Å². The molecule has 5 nitrogen and oxygen atoms in total. The van der Waals surface area contributed by atoms with E-state index in [4.69, 9.17) is 4.74 Å². The van der Waals surface area contributed by atoms with E-state index in [0.717, 1.165) is 12.0 Å². The molecule has 1 unspecified atom stereocenters. The lowest BCUT2D eigenvalue weighted by Crippen LogP contribution is -2.32. The molecule has 0 aromatic carbocycles. The molecule has 1 aliphatic rings. The summed E-state index contributed by atoms with van der Waals surface area (Å²) in [5, 5.41) is 28.2. The Labute approximate surface area is 153 Å². The number of carbonyl (C=O) groups is 1. The summed E-state index contributed by atoms with van der Waals surface area (Å²) in [6, 6.07) is 5.84. The summed E-state index contributed by atoms with van der Waals surface area (Å²) in [6.07, 6.45) is 4.34. The van der Waals surface area contributed by atoms with Gasteiger partial charge in [-0.05, 0) is 37.5 Å². The largest absolute Gasteiger partial charge is 0.462 e. The summed E-state index contributed by atoms with van der Waals surface area (Å²) in [5.41, 5.74) is 1.19. The molecule has 130 valence electrons. The van der Waals surface area contributed by atoms with E-state index in [2.05, 4.69) is 0 Å². The van der Waals surface area contributed by atoms with E-state index in [9.17, 15) is 20.6 Å². The molecule has 1 aliphatic carbocycles. The zero-order chi connectivity index (χ0) is 19.2. The number of hydrogen-bond donors (Lipinski definition) is 0. The first kappa shape index (κ1) is 20.6. The fraction of sp³-hybridized carbons (Fsp3) is 0.474. The Balaban J connectivity index is 3.80. The Morgan fingerprint density at radius 2 is 1.92 bits per heavy atom. The quantitative estimate of drug-likeness (QED) is 0.429. The zero-order valence-corrected chi connectivity index (χ0v) is 16.0. The molecule has 0 radical (unpaired) electrons. The maximum Gasteiger partial charge on any atom is 0.349 e. The van der Waals surface area contributed by atoms with Crippen LogP contribution >= 0.6 is 11.8 Å². The number of rotatable bonds is 4. The second-order valence-electron chi connectivity index (χ2n) is 6.42. The number of hydrogen-bond acceptors (Lipinski definition) is 6. The van der Waals surface area contributed by atoms with E-state index in [1.807, 2.05) is 45.1 Å². The molecular weight excluding hydrogens is 334 g/mol. The van der Waals surface area contributed by atoms with Crippen molar-refractivity contribution in [3.8, 4) is 18.2 Å². The summed E-state index contributed by atoms with van der Waals surface area (Å²) in [7, 11) is 0. The Kier molecular flexibility index (Phi) is 7.04. The van der Waals surface area contributed by atoms with Crippen molar-refractivity contribution < 1.29 is 9.53 Å². The Hall–Kier alpha value is -2.49. The molecule has 0 heterocycles. The van der Waals surface area contributed by atoms with Gasteiger partial charge in [0.25, 0.3) is 0 Å². The average Bonchev–Trinajstić information content (AvgIpc) is 2.53. The smallest absolute Gasteiger partial charge is 0.349 e. The van der Waals surface area contributed by atoms with E-state index < -0.39 is 11.9 Å². The van der Waals surface area contributed by atoms with Gasteiger partial charge in [-0.15, -0.1) is 11.8 Å². The van der Waals surface area contributed by atoms with Gasteiger partial charge in [0, 0.05) is 10.8 Å². The highest BCUT2D eigenvalue weighted by Gasteiger charge is 2.41. The van der Waals surface area contributed by atoms with E-state index >= 15 is 0 Å². The van der Waals surface area contributed by atoms with Crippen LogP contribution in [0.5, 0.6) is 0 Å². The van der Waals surface area contributed by atoms with Gasteiger partial charge in [-0.1, -0.05) is 25.5 Å². The van der Waals surface area contributed by atoms with Gasteiger partial charge in [-0.2, -0.15) is 15.8 Å². The van der Waals surface area contributed by atoms with E-state index in [1.54, 1.807) is 13.2 Å². The number of thioether (sulfide) groups is 1. The van der Waals surface area contributed by atoms with Gasteiger partial charge >= 0.3 is 5.97 Å². The van der Waals surface area contributed by atoms with Crippen LogP contribution in [0.25, 0.3) is 0 Å². The summed E-state index contributed by atoms with van der Waals surface area (Å²) in [5.74, 6) is -1.08. The summed E-state index contributed by atoms with van der Waals surface area (Å²) < 4.78 is 5.01. The van der Waals surface area contributed by atoms with Crippen LogP contribution in [0.4, 0.5) is 0 Å². The molecule has 0 saturated heterocycles. The van der Waals surface area contributed by atoms with Gasteiger partial charge in [0.05, 0.1) is 6.61 Å². The molecule has 0 aromatic heterocycles. The maximum absolute atomic E-state index is 12.2. The topological polar surface area (TPSA) is 97.7 Å². The molecular formula is C19H21N3O2S. The predicted molar refractivity (Wildman–Crippen MR) is 96.7 cm³/mol. The minimum Gasteiger partial charge on any atom is -0.462 e. The minimum atomic E-state index is -0.675. The number of carbonyl (C=O) groups excluding carboxylic acids is 1. The maximum atomic E-state index is 12.2. The van der Waals surface area contributed by atoms with Crippen molar-refractivity contribution in [1.82, 2.24) is 0 Å². The molecule has 0 spiro atoms. The lowest BCUT2D eigenvalue weighted by Gasteiger charge is -2.40. The van der Waals surface area contributed by atoms with Crippen LogP contribution in [-0.2, 0) is 9.53 Å². The van der Waals surface area contributed by atoms with Gasteiger partial charge in [-0.25, -0.2) is 4.79 Å². The van der Waals surface area contributed by atoms with Gasteiger partial charge in [-0.3, -0.25) is 0 Å². The second-order valence-corrected chi connectivity index (χ2v) is 7.27. The molecule has 0 saturated carbocycles. The van der Waals surface area contributed by atoms with Gasteiger partial charge in [0.15, 0.2) is 0 Å².